The van der Waals surface area contributed by atoms with Crippen LogP contribution in [0, 0.1) is 5.92 Å². The predicted octanol–water partition coefficient (Wildman–Crippen LogP) is 3.29. The third kappa shape index (κ3) is 3.69. The van der Waals surface area contributed by atoms with Crippen LogP contribution in [0.5, 0.6) is 0 Å². The van der Waals surface area contributed by atoms with E-state index in [1.807, 2.05) is 24.3 Å². The molecule has 0 saturated heterocycles. The van der Waals surface area contributed by atoms with E-state index in [4.69, 9.17) is 16.7 Å². The maximum Gasteiger partial charge on any atom is 0.0462 e. The molecule has 0 radical (unpaired) electrons. The van der Waals surface area contributed by atoms with Crippen LogP contribution in [0.25, 0.3) is 0 Å². The highest BCUT2D eigenvalue weighted by atomic mass is 35.5. The van der Waals surface area contributed by atoms with Gasteiger partial charge in [0.05, 0.1) is 0 Å². The van der Waals surface area contributed by atoms with Crippen molar-refractivity contribution in [2.24, 2.45) is 5.92 Å². The lowest BCUT2D eigenvalue weighted by Gasteiger charge is -2.12. The Morgan fingerprint density at radius 2 is 1.93 bits per heavy atom. The summed E-state index contributed by atoms with van der Waals surface area (Å²) in [5, 5.41) is 9.92. The molecule has 0 amide bonds. The Labute approximate surface area is 90.7 Å². The molecule has 0 heterocycles. The van der Waals surface area contributed by atoms with Crippen LogP contribution in [-0.2, 0) is 6.42 Å². The highest BCUT2D eigenvalue weighted by molar-refractivity contribution is 6.30. The fourth-order valence-corrected chi connectivity index (χ4v) is 1.75. The van der Waals surface area contributed by atoms with Crippen LogP contribution in [0.4, 0.5) is 0 Å². The minimum atomic E-state index is 0.274. The van der Waals surface area contributed by atoms with Gasteiger partial charge in [0, 0.05) is 11.6 Å². The lowest BCUT2D eigenvalue weighted by atomic mass is 9.96. The number of hydrogen-bond donors (Lipinski definition) is 1. The number of aliphatic hydroxyl groups excluding tert-OH is 1. The Bertz CT molecular complexity index is 256. The summed E-state index contributed by atoms with van der Waals surface area (Å²) in [7, 11) is 0. The van der Waals surface area contributed by atoms with E-state index in [1.54, 1.807) is 0 Å². The first-order valence-electron chi connectivity index (χ1n) is 5.11. The fraction of sp³-hybridized carbons (Fsp3) is 0.500. The Balaban J connectivity index is 2.53. The van der Waals surface area contributed by atoms with Gasteiger partial charge >= 0.3 is 0 Å². The molecule has 1 rings (SSSR count). The Morgan fingerprint density at radius 1 is 1.29 bits per heavy atom. The largest absolute Gasteiger partial charge is 0.396 e. The van der Waals surface area contributed by atoms with Crippen LogP contribution < -0.4 is 0 Å². The van der Waals surface area contributed by atoms with Gasteiger partial charge in [0.2, 0.25) is 0 Å². The zero-order valence-electron chi connectivity index (χ0n) is 8.54. The number of aliphatic hydroxyl groups is 1. The number of hydrogen-bond acceptors (Lipinski definition) is 1. The molecule has 0 aliphatic rings. The van der Waals surface area contributed by atoms with Crippen molar-refractivity contribution in [1.29, 1.82) is 0 Å². The molecule has 1 N–H and O–H groups in total. The van der Waals surface area contributed by atoms with E-state index < -0.39 is 0 Å². The van der Waals surface area contributed by atoms with E-state index in [2.05, 4.69) is 6.92 Å². The second-order valence-corrected chi connectivity index (χ2v) is 4.10. The average Bonchev–Trinajstić information content (AvgIpc) is 2.20. The lowest BCUT2D eigenvalue weighted by molar-refractivity contribution is 0.217. The van der Waals surface area contributed by atoms with E-state index in [-0.39, 0.29) is 6.61 Å². The first-order chi connectivity index (χ1) is 6.76. The van der Waals surface area contributed by atoms with Crippen molar-refractivity contribution in [3.63, 3.8) is 0 Å². The second-order valence-electron chi connectivity index (χ2n) is 3.67. The first kappa shape index (κ1) is 11.5. The summed E-state index contributed by atoms with van der Waals surface area (Å²) in [6.07, 6.45) is 3.15. The molecule has 0 saturated carbocycles. The van der Waals surface area contributed by atoms with Gasteiger partial charge in [0.1, 0.15) is 0 Å². The molecular weight excluding hydrogens is 196 g/mol. The summed E-state index contributed by atoms with van der Waals surface area (Å²) in [4.78, 5) is 0. The van der Waals surface area contributed by atoms with Gasteiger partial charge in [-0.05, 0) is 36.5 Å². The normalized spacial score (nSPS) is 12.8. The van der Waals surface area contributed by atoms with E-state index >= 15 is 0 Å². The summed E-state index contributed by atoms with van der Waals surface area (Å²) < 4.78 is 0. The van der Waals surface area contributed by atoms with E-state index in [9.17, 15) is 0 Å². The van der Waals surface area contributed by atoms with Crippen molar-refractivity contribution in [3.05, 3.63) is 34.9 Å². The molecule has 0 aromatic heterocycles. The smallest absolute Gasteiger partial charge is 0.0462 e. The SMILES string of the molecule is CCCC(CO)Cc1ccc(Cl)cc1. The van der Waals surface area contributed by atoms with E-state index in [0.717, 1.165) is 24.3 Å². The van der Waals surface area contributed by atoms with Gasteiger partial charge < -0.3 is 5.11 Å². The van der Waals surface area contributed by atoms with Gasteiger partial charge in [-0.25, -0.2) is 0 Å². The van der Waals surface area contributed by atoms with Crippen LogP contribution >= 0.6 is 11.6 Å². The van der Waals surface area contributed by atoms with Gasteiger partial charge in [0.25, 0.3) is 0 Å². The van der Waals surface area contributed by atoms with Gasteiger partial charge in [-0.1, -0.05) is 37.1 Å². The summed E-state index contributed by atoms with van der Waals surface area (Å²) in [5.74, 6) is 0.390. The van der Waals surface area contributed by atoms with Crippen molar-refractivity contribution in [2.45, 2.75) is 26.2 Å². The van der Waals surface area contributed by atoms with E-state index in [1.165, 1.54) is 5.56 Å². The standard InChI is InChI=1S/C12H17ClO/c1-2-3-11(9-14)8-10-4-6-12(13)7-5-10/h4-7,11,14H,2-3,8-9H2,1H3. The molecule has 0 spiro atoms. The zero-order chi connectivity index (χ0) is 10.4. The van der Waals surface area contributed by atoms with Crippen LogP contribution in [-0.4, -0.2) is 11.7 Å². The minimum absolute atomic E-state index is 0.274. The molecule has 2 heteroatoms. The molecule has 0 bridgehead atoms. The second kappa shape index (κ2) is 6.05. The Morgan fingerprint density at radius 3 is 2.43 bits per heavy atom. The van der Waals surface area contributed by atoms with Gasteiger partial charge in [0.15, 0.2) is 0 Å². The average molecular weight is 213 g/mol. The third-order valence-electron chi connectivity index (χ3n) is 2.39. The maximum absolute atomic E-state index is 9.15. The quantitative estimate of drug-likeness (QED) is 0.794. The molecule has 1 nitrogen and oxygen atoms in total. The predicted molar refractivity (Wildman–Crippen MR) is 60.6 cm³/mol. The van der Waals surface area contributed by atoms with Crippen LogP contribution in [0.15, 0.2) is 24.3 Å². The van der Waals surface area contributed by atoms with Gasteiger partial charge in [-0.2, -0.15) is 0 Å². The Kier molecular flexibility index (Phi) is 4.99. The first-order valence-corrected chi connectivity index (χ1v) is 5.49. The molecule has 0 fully saturated rings. The number of halogens is 1. The summed E-state index contributed by atoms with van der Waals surface area (Å²) >= 11 is 5.79. The summed E-state index contributed by atoms with van der Waals surface area (Å²) in [6.45, 7) is 2.42. The van der Waals surface area contributed by atoms with Crippen molar-refractivity contribution < 1.29 is 5.11 Å². The Hall–Kier alpha value is -0.530. The summed E-state index contributed by atoms with van der Waals surface area (Å²) in [6, 6.07) is 7.86. The summed E-state index contributed by atoms with van der Waals surface area (Å²) in [5.41, 5.74) is 1.25. The van der Waals surface area contributed by atoms with Crippen LogP contribution in [0.1, 0.15) is 25.3 Å². The van der Waals surface area contributed by atoms with Crippen LogP contribution in [0.3, 0.4) is 0 Å². The van der Waals surface area contributed by atoms with Crippen LogP contribution in [0.2, 0.25) is 5.02 Å². The number of rotatable bonds is 5. The highest BCUT2D eigenvalue weighted by Gasteiger charge is 2.06. The minimum Gasteiger partial charge on any atom is -0.396 e. The highest BCUT2D eigenvalue weighted by Crippen LogP contribution is 2.16. The molecule has 1 aromatic carbocycles. The van der Waals surface area contributed by atoms with Crippen molar-refractivity contribution in [1.82, 2.24) is 0 Å². The monoisotopic (exact) mass is 212 g/mol. The molecule has 1 aromatic rings. The topological polar surface area (TPSA) is 20.2 Å². The van der Waals surface area contributed by atoms with Crippen molar-refractivity contribution >= 4 is 11.6 Å². The van der Waals surface area contributed by atoms with E-state index in [0.29, 0.717) is 5.92 Å². The maximum atomic E-state index is 9.15. The zero-order valence-corrected chi connectivity index (χ0v) is 9.30. The third-order valence-corrected chi connectivity index (χ3v) is 2.64. The lowest BCUT2D eigenvalue weighted by Crippen LogP contribution is -2.09. The molecular formula is C12H17ClO. The van der Waals surface area contributed by atoms with Crippen molar-refractivity contribution in [2.75, 3.05) is 6.61 Å². The molecule has 1 atom stereocenters. The molecule has 14 heavy (non-hydrogen) atoms. The molecule has 0 aliphatic carbocycles. The molecule has 78 valence electrons. The molecule has 1 unspecified atom stereocenters. The number of benzene rings is 1. The van der Waals surface area contributed by atoms with Crippen molar-refractivity contribution in [3.8, 4) is 0 Å². The van der Waals surface area contributed by atoms with Gasteiger partial charge in [-0.15, -0.1) is 0 Å². The van der Waals surface area contributed by atoms with Gasteiger partial charge in [-0.3, -0.25) is 0 Å². The fourth-order valence-electron chi connectivity index (χ4n) is 1.62. The molecule has 0 aliphatic heterocycles.